The molecule has 0 spiro atoms. The molecule has 0 aromatic heterocycles. The Labute approximate surface area is 146 Å². The number of carbonyl (C=O) groups excluding carboxylic acids is 1. The van der Waals surface area contributed by atoms with Crippen molar-refractivity contribution in [1.82, 2.24) is 0 Å². The summed E-state index contributed by atoms with van der Waals surface area (Å²) in [4.78, 5) is 12.7. The first-order chi connectivity index (χ1) is 11.6. The largest absolute Gasteiger partial charge is 0.507 e. The minimum atomic E-state index is -0.511. The summed E-state index contributed by atoms with van der Waals surface area (Å²) in [7, 11) is 1.62. The van der Waals surface area contributed by atoms with Crippen molar-refractivity contribution in [3.8, 4) is 11.5 Å². The van der Waals surface area contributed by atoms with Crippen LogP contribution in [0.15, 0.2) is 41.3 Å². The van der Waals surface area contributed by atoms with Gasteiger partial charge in [-0.2, -0.15) is 0 Å². The van der Waals surface area contributed by atoms with Crippen LogP contribution in [-0.4, -0.2) is 31.0 Å². The van der Waals surface area contributed by atoms with E-state index in [0.717, 1.165) is 16.9 Å². The van der Waals surface area contributed by atoms with E-state index in [2.05, 4.69) is 0 Å². The lowest BCUT2D eigenvalue weighted by atomic mass is 10.1. The molecule has 0 aliphatic carbocycles. The molecule has 0 aliphatic rings. The molecule has 2 aromatic rings. The van der Waals surface area contributed by atoms with E-state index in [1.54, 1.807) is 20.1 Å². The van der Waals surface area contributed by atoms with Gasteiger partial charge in [-0.15, -0.1) is 11.8 Å². The minimum absolute atomic E-state index is 0.0782. The van der Waals surface area contributed by atoms with E-state index < -0.39 is 5.97 Å². The van der Waals surface area contributed by atoms with Crippen molar-refractivity contribution in [2.75, 3.05) is 20.0 Å². The SMILES string of the molecule is CCOC(=O)c1c(O)cc(/C=C/c2cccc(OC)c2)cc1SC. The van der Waals surface area contributed by atoms with E-state index in [1.807, 2.05) is 48.7 Å². The highest BCUT2D eigenvalue weighted by Crippen LogP contribution is 2.31. The Bertz CT molecular complexity index is 753. The molecule has 126 valence electrons. The predicted octanol–water partition coefficient (Wildman–Crippen LogP) is 4.47. The van der Waals surface area contributed by atoms with Gasteiger partial charge in [-0.25, -0.2) is 4.79 Å². The molecule has 1 N–H and O–H groups in total. The summed E-state index contributed by atoms with van der Waals surface area (Å²) in [5.74, 6) is 0.190. The number of ether oxygens (including phenoxy) is 2. The van der Waals surface area contributed by atoms with Crippen molar-refractivity contribution >= 4 is 29.9 Å². The van der Waals surface area contributed by atoms with Gasteiger partial charge < -0.3 is 14.6 Å². The lowest BCUT2D eigenvalue weighted by molar-refractivity contribution is 0.0519. The monoisotopic (exact) mass is 344 g/mol. The van der Waals surface area contributed by atoms with E-state index >= 15 is 0 Å². The van der Waals surface area contributed by atoms with Crippen LogP contribution < -0.4 is 4.74 Å². The van der Waals surface area contributed by atoms with E-state index in [-0.39, 0.29) is 17.9 Å². The zero-order valence-electron chi connectivity index (χ0n) is 13.9. The molecule has 0 unspecified atom stereocenters. The Balaban J connectivity index is 2.33. The van der Waals surface area contributed by atoms with Gasteiger partial charge in [0.2, 0.25) is 0 Å². The number of hydrogen-bond donors (Lipinski definition) is 1. The van der Waals surface area contributed by atoms with Gasteiger partial charge in [-0.3, -0.25) is 0 Å². The van der Waals surface area contributed by atoms with Gasteiger partial charge in [0, 0.05) is 4.90 Å². The number of aromatic hydroxyl groups is 1. The summed E-state index contributed by atoms with van der Waals surface area (Å²) in [6.45, 7) is 2.00. The summed E-state index contributed by atoms with van der Waals surface area (Å²) in [6, 6.07) is 11.1. The number of benzene rings is 2. The number of methoxy groups -OCH3 is 1. The number of esters is 1. The highest BCUT2D eigenvalue weighted by atomic mass is 32.2. The van der Waals surface area contributed by atoms with E-state index in [9.17, 15) is 9.90 Å². The van der Waals surface area contributed by atoms with Gasteiger partial charge in [-0.05, 0) is 48.6 Å². The van der Waals surface area contributed by atoms with Gasteiger partial charge in [-0.1, -0.05) is 24.3 Å². The molecular weight excluding hydrogens is 324 g/mol. The van der Waals surface area contributed by atoms with Crippen LogP contribution in [0, 0.1) is 0 Å². The maximum absolute atomic E-state index is 12.0. The third-order valence-electron chi connectivity index (χ3n) is 3.37. The molecular formula is C19H20O4S. The summed E-state index contributed by atoms with van der Waals surface area (Å²) >= 11 is 1.39. The third kappa shape index (κ3) is 4.32. The summed E-state index contributed by atoms with van der Waals surface area (Å²) in [5.41, 5.74) is 1.99. The van der Waals surface area contributed by atoms with Gasteiger partial charge in [0.15, 0.2) is 0 Å². The Morgan fingerprint density at radius 1 is 1.21 bits per heavy atom. The molecule has 0 bridgehead atoms. The molecule has 2 aromatic carbocycles. The Kier molecular flexibility index (Phi) is 6.32. The fourth-order valence-corrected chi connectivity index (χ4v) is 2.87. The van der Waals surface area contributed by atoms with E-state index in [1.165, 1.54) is 11.8 Å². The number of thioether (sulfide) groups is 1. The zero-order chi connectivity index (χ0) is 17.5. The number of phenols is 1. The predicted molar refractivity (Wildman–Crippen MR) is 97.8 cm³/mol. The van der Waals surface area contributed by atoms with E-state index in [4.69, 9.17) is 9.47 Å². The highest BCUT2D eigenvalue weighted by molar-refractivity contribution is 7.98. The van der Waals surface area contributed by atoms with E-state index in [0.29, 0.717) is 4.90 Å². The molecule has 0 amide bonds. The van der Waals surface area contributed by atoms with Gasteiger partial charge >= 0.3 is 5.97 Å². The zero-order valence-corrected chi connectivity index (χ0v) is 14.7. The molecule has 0 radical (unpaired) electrons. The van der Waals surface area contributed by atoms with Crippen LogP contribution >= 0.6 is 11.8 Å². The number of carbonyl (C=O) groups is 1. The van der Waals surface area contributed by atoms with Crippen LogP contribution in [0.25, 0.3) is 12.2 Å². The molecule has 0 fully saturated rings. The van der Waals surface area contributed by atoms with Crippen molar-refractivity contribution < 1.29 is 19.4 Å². The normalized spacial score (nSPS) is 10.8. The van der Waals surface area contributed by atoms with Crippen LogP contribution in [0.2, 0.25) is 0 Å². The summed E-state index contributed by atoms with van der Waals surface area (Å²) in [5, 5.41) is 10.2. The number of phenolic OH excluding ortho intramolecular Hbond substituents is 1. The lowest BCUT2D eigenvalue weighted by Gasteiger charge is -2.10. The van der Waals surface area contributed by atoms with Crippen molar-refractivity contribution in [2.45, 2.75) is 11.8 Å². The first kappa shape index (κ1) is 17.9. The van der Waals surface area contributed by atoms with Crippen LogP contribution in [-0.2, 0) is 4.74 Å². The molecule has 0 atom stereocenters. The van der Waals surface area contributed by atoms with Crippen molar-refractivity contribution in [3.63, 3.8) is 0 Å². The number of hydrogen-bond acceptors (Lipinski definition) is 5. The first-order valence-electron chi connectivity index (χ1n) is 7.49. The second kappa shape index (κ2) is 8.45. The maximum Gasteiger partial charge on any atom is 0.343 e. The Morgan fingerprint density at radius 2 is 1.96 bits per heavy atom. The molecule has 0 saturated heterocycles. The fraction of sp³-hybridized carbons (Fsp3) is 0.211. The second-order valence-corrected chi connectivity index (χ2v) is 5.80. The van der Waals surface area contributed by atoms with Crippen LogP contribution in [0.1, 0.15) is 28.4 Å². The van der Waals surface area contributed by atoms with Crippen LogP contribution in [0.4, 0.5) is 0 Å². The van der Waals surface area contributed by atoms with Crippen LogP contribution in [0.3, 0.4) is 0 Å². The summed E-state index contributed by atoms with van der Waals surface area (Å²) < 4.78 is 10.2. The van der Waals surface area contributed by atoms with Crippen molar-refractivity contribution in [2.24, 2.45) is 0 Å². The fourth-order valence-electron chi connectivity index (χ4n) is 2.22. The molecule has 24 heavy (non-hydrogen) atoms. The lowest BCUT2D eigenvalue weighted by Crippen LogP contribution is -2.06. The maximum atomic E-state index is 12.0. The first-order valence-corrected chi connectivity index (χ1v) is 8.71. The van der Waals surface area contributed by atoms with Crippen molar-refractivity contribution in [3.05, 3.63) is 53.1 Å². The van der Waals surface area contributed by atoms with Crippen molar-refractivity contribution in [1.29, 1.82) is 0 Å². The topological polar surface area (TPSA) is 55.8 Å². The number of rotatable bonds is 6. The molecule has 0 heterocycles. The molecule has 0 aliphatic heterocycles. The Morgan fingerprint density at radius 3 is 2.62 bits per heavy atom. The molecule has 5 heteroatoms. The van der Waals surface area contributed by atoms with Gasteiger partial charge in [0.25, 0.3) is 0 Å². The standard InChI is InChI=1S/C19H20O4S/c1-4-23-19(21)18-16(20)11-14(12-17(18)24-3)9-8-13-6-5-7-15(10-13)22-2/h5-12,20H,4H2,1-3H3/b9-8+. The summed E-state index contributed by atoms with van der Waals surface area (Å²) in [6.07, 6.45) is 5.65. The average molecular weight is 344 g/mol. The molecule has 0 saturated carbocycles. The quantitative estimate of drug-likeness (QED) is 0.476. The smallest absolute Gasteiger partial charge is 0.343 e. The minimum Gasteiger partial charge on any atom is -0.507 e. The van der Waals surface area contributed by atoms with Gasteiger partial charge in [0.05, 0.1) is 13.7 Å². The Hall–Kier alpha value is -2.40. The highest BCUT2D eigenvalue weighted by Gasteiger charge is 2.18. The molecule has 4 nitrogen and oxygen atoms in total. The van der Waals surface area contributed by atoms with Crippen LogP contribution in [0.5, 0.6) is 11.5 Å². The average Bonchev–Trinajstić information content (AvgIpc) is 2.59. The third-order valence-corrected chi connectivity index (χ3v) is 4.13. The van der Waals surface area contributed by atoms with Gasteiger partial charge in [0.1, 0.15) is 17.1 Å². The molecule has 2 rings (SSSR count). The second-order valence-electron chi connectivity index (χ2n) is 4.95.